The fourth-order valence-electron chi connectivity index (χ4n) is 3.06. The van der Waals surface area contributed by atoms with E-state index < -0.39 is 0 Å². The van der Waals surface area contributed by atoms with E-state index in [2.05, 4.69) is 22.7 Å². The Hall–Kier alpha value is -2.93. The van der Waals surface area contributed by atoms with Gasteiger partial charge in [-0.15, -0.1) is 0 Å². The molecule has 0 saturated heterocycles. The van der Waals surface area contributed by atoms with Crippen molar-refractivity contribution in [2.45, 2.75) is 32.1 Å². The molecule has 0 bridgehead atoms. The number of hydrogen-bond acceptors (Lipinski definition) is 3. The van der Waals surface area contributed by atoms with Gasteiger partial charge in [0.25, 0.3) is 0 Å². The highest BCUT2D eigenvalue weighted by atomic mass is 16.2. The third-order valence-electron chi connectivity index (χ3n) is 4.29. The number of aryl methyl sites for hydroxylation is 1. The number of hydrogen-bond donors (Lipinski definition) is 1. The lowest BCUT2D eigenvalue weighted by Crippen LogP contribution is -2.21. The Bertz CT molecular complexity index is 801. The first-order valence-corrected chi connectivity index (χ1v) is 8.18. The Labute approximate surface area is 141 Å². The summed E-state index contributed by atoms with van der Waals surface area (Å²) >= 11 is 0. The number of carbonyl (C=O) groups excluding carboxylic acids is 1. The molecule has 0 atom stereocenters. The molecule has 1 aliphatic carbocycles. The average Bonchev–Trinajstić information content (AvgIpc) is 2.63. The van der Waals surface area contributed by atoms with Gasteiger partial charge < -0.3 is 0 Å². The smallest absolute Gasteiger partial charge is 0.244 e. The summed E-state index contributed by atoms with van der Waals surface area (Å²) in [5.74, 6) is -0.112. The van der Waals surface area contributed by atoms with Crippen molar-refractivity contribution >= 4 is 12.1 Å². The normalized spacial score (nSPS) is 13.3. The van der Waals surface area contributed by atoms with E-state index in [1.807, 2.05) is 12.1 Å². The van der Waals surface area contributed by atoms with Crippen molar-refractivity contribution < 1.29 is 4.79 Å². The van der Waals surface area contributed by atoms with Gasteiger partial charge in [-0.3, -0.25) is 4.79 Å². The number of carbonyl (C=O) groups is 1. The van der Waals surface area contributed by atoms with Gasteiger partial charge in [-0.05, 0) is 60.1 Å². The van der Waals surface area contributed by atoms with Gasteiger partial charge in [-0.2, -0.15) is 10.4 Å². The SMILES string of the molecule is N#Cc1ccc(/C=N\NC(=O)Cc2cccc3c2CCCC3)cc1. The van der Waals surface area contributed by atoms with E-state index in [9.17, 15) is 4.79 Å². The zero-order valence-corrected chi connectivity index (χ0v) is 13.5. The van der Waals surface area contributed by atoms with Crippen LogP contribution < -0.4 is 5.43 Å². The van der Waals surface area contributed by atoms with Crippen LogP contribution in [-0.2, 0) is 24.1 Å². The van der Waals surface area contributed by atoms with Crippen LogP contribution in [0.1, 0.15) is 40.7 Å². The molecular formula is C20H19N3O. The van der Waals surface area contributed by atoms with Gasteiger partial charge in [0.1, 0.15) is 0 Å². The third kappa shape index (κ3) is 3.88. The third-order valence-corrected chi connectivity index (χ3v) is 4.29. The van der Waals surface area contributed by atoms with Gasteiger partial charge in [0, 0.05) is 0 Å². The molecule has 4 nitrogen and oxygen atoms in total. The first-order chi connectivity index (χ1) is 11.8. The van der Waals surface area contributed by atoms with Crippen molar-refractivity contribution in [3.05, 3.63) is 70.3 Å². The Balaban J connectivity index is 1.60. The highest BCUT2D eigenvalue weighted by Gasteiger charge is 2.14. The Morgan fingerprint density at radius 1 is 1.17 bits per heavy atom. The minimum absolute atomic E-state index is 0.112. The first kappa shape index (κ1) is 15.9. The average molecular weight is 317 g/mol. The van der Waals surface area contributed by atoms with Crippen molar-refractivity contribution in [2.24, 2.45) is 5.10 Å². The predicted octanol–water partition coefficient (Wildman–Crippen LogP) is 3.13. The number of amides is 1. The summed E-state index contributed by atoms with van der Waals surface area (Å²) in [5.41, 5.74) is 7.86. The summed E-state index contributed by atoms with van der Waals surface area (Å²) in [5, 5.41) is 12.8. The van der Waals surface area contributed by atoms with Crippen molar-refractivity contribution in [2.75, 3.05) is 0 Å². The summed E-state index contributed by atoms with van der Waals surface area (Å²) in [6.45, 7) is 0. The highest BCUT2D eigenvalue weighted by molar-refractivity contribution is 5.83. The van der Waals surface area contributed by atoms with Crippen LogP contribution in [0.3, 0.4) is 0 Å². The predicted molar refractivity (Wildman–Crippen MR) is 93.7 cm³/mol. The number of nitrogens with zero attached hydrogens (tertiary/aromatic N) is 2. The minimum atomic E-state index is -0.112. The fourth-order valence-corrected chi connectivity index (χ4v) is 3.06. The number of nitrogens with one attached hydrogen (secondary N) is 1. The summed E-state index contributed by atoms with van der Waals surface area (Å²) in [4.78, 5) is 12.1. The summed E-state index contributed by atoms with van der Waals surface area (Å²) in [7, 11) is 0. The Morgan fingerprint density at radius 3 is 2.75 bits per heavy atom. The van der Waals surface area contributed by atoms with Crippen molar-refractivity contribution in [1.82, 2.24) is 5.43 Å². The van der Waals surface area contributed by atoms with Gasteiger partial charge in [-0.1, -0.05) is 30.3 Å². The molecule has 0 unspecified atom stereocenters. The summed E-state index contributed by atoms with van der Waals surface area (Å²) in [6, 6.07) is 15.3. The van der Waals surface area contributed by atoms with E-state index in [1.165, 1.54) is 24.0 Å². The molecule has 1 N–H and O–H groups in total. The van der Waals surface area contributed by atoms with Gasteiger partial charge in [-0.25, -0.2) is 5.43 Å². The maximum Gasteiger partial charge on any atom is 0.244 e. The molecule has 0 fully saturated rings. The number of rotatable bonds is 4. The quantitative estimate of drug-likeness (QED) is 0.695. The number of hydrazone groups is 1. The minimum Gasteiger partial charge on any atom is -0.273 e. The molecule has 24 heavy (non-hydrogen) atoms. The molecule has 0 aromatic heterocycles. The van der Waals surface area contributed by atoms with E-state index in [4.69, 9.17) is 5.26 Å². The number of benzene rings is 2. The van der Waals surface area contributed by atoms with Gasteiger partial charge in [0.2, 0.25) is 5.91 Å². The van der Waals surface area contributed by atoms with E-state index in [-0.39, 0.29) is 5.91 Å². The highest BCUT2D eigenvalue weighted by Crippen LogP contribution is 2.24. The molecule has 3 rings (SSSR count). The van der Waals surface area contributed by atoms with Crippen molar-refractivity contribution in [1.29, 1.82) is 5.26 Å². The van der Waals surface area contributed by atoms with Crippen LogP contribution in [0.15, 0.2) is 47.6 Å². The standard InChI is InChI=1S/C20H19N3O/c21-13-15-8-10-16(11-9-15)14-22-23-20(24)12-18-6-3-5-17-4-1-2-7-19(17)18/h3,5-6,8-11,14H,1-2,4,7,12H2,(H,23,24)/b22-14-. The summed E-state index contributed by atoms with van der Waals surface area (Å²) in [6.07, 6.45) is 6.54. The zero-order valence-electron chi connectivity index (χ0n) is 13.5. The lowest BCUT2D eigenvalue weighted by atomic mass is 9.87. The molecule has 0 saturated carbocycles. The van der Waals surface area contributed by atoms with Crippen LogP contribution >= 0.6 is 0 Å². The Morgan fingerprint density at radius 2 is 1.96 bits per heavy atom. The topological polar surface area (TPSA) is 65.2 Å². The van der Waals surface area contributed by atoms with Gasteiger partial charge >= 0.3 is 0 Å². The lowest BCUT2D eigenvalue weighted by Gasteiger charge is -2.18. The Kier molecular flexibility index (Phi) is 5.02. The van der Waals surface area contributed by atoms with Gasteiger partial charge in [0.05, 0.1) is 24.3 Å². The van der Waals surface area contributed by atoms with E-state index in [0.29, 0.717) is 12.0 Å². The monoisotopic (exact) mass is 317 g/mol. The zero-order chi connectivity index (χ0) is 16.8. The van der Waals surface area contributed by atoms with Crippen LogP contribution in [0, 0.1) is 11.3 Å². The van der Waals surface area contributed by atoms with Crippen molar-refractivity contribution in [3.63, 3.8) is 0 Å². The maximum atomic E-state index is 12.1. The molecular weight excluding hydrogens is 298 g/mol. The molecule has 1 aliphatic rings. The van der Waals surface area contributed by atoms with Crippen LogP contribution in [0.2, 0.25) is 0 Å². The van der Waals surface area contributed by atoms with Crippen LogP contribution in [-0.4, -0.2) is 12.1 Å². The van der Waals surface area contributed by atoms with Crippen LogP contribution in [0.4, 0.5) is 0 Å². The van der Waals surface area contributed by atoms with E-state index in [0.717, 1.165) is 24.0 Å². The fraction of sp³-hybridized carbons (Fsp3) is 0.250. The number of fused-ring (bicyclic) bond motifs is 1. The van der Waals surface area contributed by atoms with E-state index >= 15 is 0 Å². The molecule has 1 amide bonds. The molecule has 4 heteroatoms. The van der Waals surface area contributed by atoms with E-state index in [1.54, 1.807) is 30.5 Å². The molecule has 120 valence electrons. The number of nitriles is 1. The van der Waals surface area contributed by atoms with Crippen LogP contribution in [0.5, 0.6) is 0 Å². The van der Waals surface area contributed by atoms with Gasteiger partial charge in [0.15, 0.2) is 0 Å². The maximum absolute atomic E-state index is 12.1. The largest absolute Gasteiger partial charge is 0.273 e. The second kappa shape index (κ2) is 7.56. The molecule has 0 spiro atoms. The molecule has 2 aromatic carbocycles. The summed E-state index contributed by atoms with van der Waals surface area (Å²) < 4.78 is 0. The second-order valence-corrected chi connectivity index (χ2v) is 5.97. The molecule has 0 aliphatic heterocycles. The lowest BCUT2D eigenvalue weighted by molar-refractivity contribution is -0.120. The molecule has 0 heterocycles. The van der Waals surface area contributed by atoms with Crippen molar-refractivity contribution in [3.8, 4) is 6.07 Å². The first-order valence-electron chi connectivity index (χ1n) is 8.18. The van der Waals surface area contributed by atoms with Crippen LogP contribution in [0.25, 0.3) is 0 Å². The second-order valence-electron chi connectivity index (χ2n) is 5.97. The molecule has 0 radical (unpaired) electrons. The molecule has 2 aromatic rings.